The molecule has 0 bridgehead atoms. The molecule has 0 spiro atoms. The molecule has 0 saturated carbocycles. The number of rotatable bonds is 7. The van der Waals surface area contributed by atoms with Crippen molar-refractivity contribution >= 4 is 15.8 Å². The van der Waals surface area contributed by atoms with Gasteiger partial charge in [-0.15, -0.1) is 0 Å². The Kier molecular flexibility index (Phi) is 6.46. The zero-order valence-electron chi connectivity index (χ0n) is 15.9. The highest BCUT2D eigenvalue weighted by molar-refractivity contribution is 7.89. The van der Waals surface area contributed by atoms with Crippen LogP contribution in [0.4, 0.5) is 5.82 Å². The number of nitrogens with one attached hydrogen (secondary N) is 2. The van der Waals surface area contributed by atoms with Crippen LogP contribution >= 0.6 is 0 Å². The van der Waals surface area contributed by atoms with Crippen molar-refractivity contribution in [3.8, 4) is 0 Å². The van der Waals surface area contributed by atoms with Crippen molar-refractivity contribution in [2.24, 2.45) is 5.92 Å². The quantitative estimate of drug-likeness (QED) is 0.763. The van der Waals surface area contributed by atoms with Gasteiger partial charge in [0.1, 0.15) is 10.7 Å². The minimum atomic E-state index is -3.46. The van der Waals surface area contributed by atoms with Crippen molar-refractivity contribution < 1.29 is 8.42 Å². The first kappa shape index (κ1) is 19.8. The Morgan fingerprint density at radius 1 is 1.15 bits per heavy atom. The molecule has 0 radical (unpaired) electrons. The van der Waals surface area contributed by atoms with E-state index in [0.717, 1.165) is 25.6 Å². The number of pyridine rings is 1. The summed E-state index contributed by atoms with van der Waals surface area (Å²) in [4.78, 5) is 6.96. The highest BCUT2D eigenvalue weighted by atomic mass is 32.2. The second kappa shape index (κ2) is 8.82. The van der Waals surface area contributed by atoms with Gasteiger partial charge in [0, 0.05) is 12.7 Å². The first-order valence-corrected chi connectivity index (χ1v) is 10.9. The third kappa shape index (κ3) is 5.06. The Hall–Kier alpha value is -1.96. The van der Waals surface area contributed by atoms with Crippen molar-refractivity contribution in [2.45, 2.75) is 30.7 Å². The van der Waals surface area contributed by atoms with Crippen LogP contribution in [0.2, 0.25) is 0 Å². The number of likely N-dealkylation sites (tertiary alicyclic amines) is 1. The molecule has 7 heteroatoms. The fraction of sp³-hybridized carbons (Fsp3) is 0.450. The topological polar surface area (TPSA) is 74.3 Å². The third-order valence-electron chi connectivity index (χ3n) is 5.24. The molecule has 1 aromatic heterocycles. The molecule has 0 aliphatic carbocycles. The smallest absolute Gasteiger partial charge is 0.241 e. The molecule has 146 valence electrons. The number of piperidine rings is 1. The summed E-state index contributed by atoms with van der Waals surface area (Å²) in [6, 6.07) is 14.1. The van der Waals surface area contributed by atoms with Gasteiger partial charge in [-0.3, -0.25) is 4.90 Å². The van der Waals surface area contributed by atoms with E-state index in [9.17, 15) is 8.42 Å². The lowest BCUT2D eigenvalue weighted by atomic mass is 9.95. The van der Waals surface area contributed by atoms with Crippen molar-refractivity contribution in [1.82, 2.24) is 14.6 Å². The predicted molar refractivity (Wildman–Crippen MR) is 108 cm³/mol. The molecule has 1 saturated heterocycles. The van der Waals surface area contributed by atoms with Crippen LogP contribution in [-0.2, 0) is 10.0 Å². The van der Waals surface area contributed by atoms with E-state index in [2.05, 4.69) is 51.1 Å². The number of nitrogens with zero attached hydrogens (tertiary/aromatic N) is 2. The summed E-state index contributed by atoms with van der Waals surface area (Å²) in [5, 5.41) is 3.38. The second-order valence-corrected chi connectivity index (χ2v) is 9.00. The van der Waals surface area contributed by atoms with Gasteiger partial charge in [-0.1, -0.05) is 37.3 Å². The zero-order chi connectivity index (χ0) is 19.3. The van der Waals surface area contributed by atoms with Gasteiger partial charge >= 0.3 is 0 Å². The van der Waals surface area contributed by atoms with E-state index in [0.29, 0.717) is 5.82 Å². The summed E-state index contributed by atoms with van der Waals surface area (Å²) in [6.07, 6.45) is 3.82. The minimum Gasteiger partial charge on any atom is -0.368 e. The highest BCUT2D eigenvalue weighted by Crippen LogP contribution is 2.27. The monoisotopic (exact) mass is 388 g/mol. The van der Waals surface area contributed by atoms with Gasteiger partial charge in [-0.2, -0.15) is 0 Å². The summed E-state index contributed by atoms with van der Waals surface area (Å²) in [6.45, 7) is 5.23. The van der Waals surface area contributed by atoms with E-state index in [1.54, 1.807) is 12.1 Å². The number of aromatic nitrogens is 1. The standard InChI is InChI=1S/C20H28N4O2S/c1-16-10-12-24(13-11-16)19(17-6-4-3-5-7-17)15-23-20-9-8-18(14-22-20)27(25,26)21-2/h3-9,14,16,19,21H,10-13,15H2,1-2H3,(H,22,23). The highest BCUT2D eigenvalue weighted by Gasteiger charge is 2.24. The van der Waals surface area contributed by atoms with Crippen molar-refractivity contribution in [3.05, 3.63) is 54.2 Å². The maximum Gasteiger partial charge on any atom is 0.241 e. The van der Waals surface area contributed by atoms with E-state index >= 15 is 0 Å². The molecule has 1 aliphatic rings. The summed E-state index contributed by atoms with van der Waals surface area (Å²) in [7, 11) is -2.07. The molecule has 1 atom stereocenters. The van der Waals surface area contributed by atoms with Crippen LogP contribution in [-0.4, -0.2) is 45.0 Å². The summed E-state index contributed by atoms with van der Waals surface area (Å²) >= 11 is 0. The van der Waals surface area contributed by atoms with Crippen LogP contribution in [0.5, 0.6) is 0 Å². The van der Waals surface area contributed by atoms with Crippen LogP contribution in [0.15, 0.2) is 53.6 Å². The van der Waals surface area contributed by atoms with Gasteiger partial charge < -0.3 is 5.32 Å². The molecule has 6 nitrogen and oxygen atoms in total. The lowest BCUT2D eigenvalue weighted by Gasteiger charge is -2.37. The van der Waals surface area contributed by atoms with Crippen molar-refractivity contribution in [3.63, 3.8) is 0 Å². The van der Waals surface area contributed by atoms with Crippen molar-refractivity contribution in [1.29, 1.82) is 0 Å². The van der Waals surface area contributed by atoms with Gasteiger partial charge in [0.15, 0.2) is 0 Å². The molecule has 2 aromatic rings. The van der Waals surface area contributed by atoms with E-state index < -0.39 is 10.0 Å². The first-order valence-electron chi connectivity index (χ1n) is 9.42. The van der Waals surface area contributed by atoms with Gasteiger partial charge in [-0.25, -0.2) is 18.1 Å². The molecule has 1 unspecified atom stereocenters. The molecule has 2 heterocycles. The Labute approximate surface area is 162 Å². The zero-order valence-corrected chi connectivity index (χ0v) is 16.7. The molecule has 1 aliphatic heterocycles. The predicted octanol–water partition coefficient (Wildman–Crippen LogP) is 2.87. The van der Waals surface area contributed by atoms with Crippen LogP contribution in [0.25, 0.3) is 0 Å². The summed E-state index contributed by atoms with van der Waals surface area (Å²) in [5.41, 5.74) is 1.29. The van der Waals surface area contributed by atoms with E-state index in [1.165, 1.54) is 31.6 Å². The van der Waals surface area contributed by atoms with Crippen LogP contribution in [0, 0.1) is 5.92 Å². The molecular formula is C20H28N4O2S. The Balaban J connectivity index is 1.71. The van der Waals surface area contributed by atoms with Gasteiger partial charge in [0.05, 0.1) is 6.04 Å². The fourth-order valence-electron chi connectivity index (χ4n) is 3.44. The maximum absolute atomic E-state index is 11.8. The number of anilines is 1. The third-order valence-corrected chi connectivity index (χ3v) is 6.63. The van der Waals surface area contributed by atoms with Crippen molar-refractivity contribution in [2.75, 3.05) is 32.0 Å². The van der Waals surface area contributed by atoms with Gasteiger partial charge in [0.25, 0.3) is 0 Å². The average Bonchev–Trinajstić information content (AvgIpc) is 2.70. The average molecular weight is 389 g/mol. The number of hydrogen-bond donors (Lipinski definition) is 2. The van der Waals surface area contributed by atoms with Crippen LogP contribution in [0.3, 0.4) is 0 Å². The summed E-state index contributed by atoms with van der Waals surface area (Å²) < 4.78 is 25.9. The minimum absolute atomic E-state index is 0.167. The molecule has 0 amide bonds. The first-order chi connectivity index (χ1) is 13.0. The molecule has 1 aromatic carbocycles. The Morgan fingerprint density at radius 2 is 1.85 bits per heavy atom. The lowest BCUT2D eigenvalue weighted by Crippen LogP contribution is -2.39. The molecule has 1 fully saturated rings. The Morgan fingerprint density at radius 3 is 2.44 bits per heavy atom. The Bertz CT molecular complexity index is 817. The van der Waals surface area contributed by atoms with E-state index in [1.807, 2.05) is 6.07 Å². The number of sulfonamides is 1. The van der Waals surface area contributed by atoms with Gasteiger partial charge in [0.2, 0.25) is 10.0 Å². The molecule has 27 heavy (non-hydrogen) atoms. The van der Waals surface area contributed by atoms with E-state index in [4.69, 9.17) is 0 Å². The molecule has 3 rings (SSSR count). The van der Waals surface area contributed by atoms with Crippen LogP contribution < -0.4 is 10.0 Å². The second-order valence-electron chi connectivity index (χ2n) is 7.11. The van der Waals surface area contributed by atoms with Crippen LogP contribution in [0.1, 0.15) is 31.4 Å². The number of hydrogen-bond acceptors (Lipinski definition) is 5. The fourth-order valence-corrected chi connectivity index (χ4v) is 4.11. The largest absolute Gasteiger partial charge is 0.368 e. The molecule has 2 N–H and O–H groups in total. The lowest BCUT2D eigenvalue weighted by molar-refractivity contribution is 0.143. The normalized spacial score (nSPS) is 17.6. The van der Waals surface area contributed by atoms with E-state index in [-0.39, 0.29) is 10.9 Å². The summed E-state index contributed by atoms with van der Waals surface area (Å²) in [5.74, 6) is 1.46. The SMILES string of the molecule is CNS(=O)(=O)c1ccc(NCC(c2ccccc2)N2CCC(C)CC2)nc1. The molecular weight excluding hydrogens is 360 g/mol. The van der Waals surface area contributed by atoms with Gasteiger partial charge in [-0.05, 0) is 56.6 Å². The maximum atomic E-state index is 11.8. The number of benzene rings is 1.